The number of carbonyl (C=O) groups is 1. The number of rotatable bonds is 8. The first-order chi connectivity index (χ1) is 13.6. The second kappa shape index (κ2) is 9.94. The summed E-state index contributed by atoms with van der Waals surface area (Å²) in [5.41, 5.74) is 3.44. The highest BCUT2D eigenvalue weighted by Gasteiger charge is 2.39. The summed E-state index contributed by atoms with van der Waals surface area (Å²) in [5, 5.41) is 9.27. The summed E-state index contributed by atoms with van der Waals surface area (Å²) in [4.78, 5) is 11.2. The zero-order chi connectivity index (χ0) is 20.0. The van der Waals surface area contributed by atoms with Crippen LogP contribution in [0.15, 0.2) is 24.3 Å². The number of aliphatic carboxylic acids is 1. The SMILES string of the molecule is CCCC[C@]1(c2ccc(CCC)cc2)CC[C@@H]([C@H]2CC[C@H](C(=O)O)CC2)CC1. The lowest BCUT2D eigenvalue weighted by Crippen LogP contribution is -2.35. The number of benzene rings is 1. The van der Waals surface area contributed by atoms with Gasteiger partial charge in [-0.05, 0) is 92.6 Å². The fraction of sp³-hybridized carbons (Fsp3) is 0.731. The molecule has 0 heterocycles. The summed E-state index contributed by atoms with van der Waals surface area (Å²) in [6.07, 6.45) is 15.7. The van der Waals surface area contributed by atoms with Gasteiger partial charge in [0.2, 0.25) is 0 Å². The monoisotopic (exact) mass is 384 g/mol. The van der Waals surface area contributed by atoms with Crippen LogP contribution in [-0.4, -0.2) is 11.1 Å². The van der Waals surface area contributed by atoms with Crippen molar-refractivity contribution in [3.8, 4) is 0 Å². The van der Waals surface area contributed by atoms with Crippen molar-refractivity contribution in [2.75, 3.05) is 0 Å². The normalized spacial score (nSPS) is 30.9. The van der Waals surface area contributed by atoms with Crippen LogP contribution in [0, 0.1) is 17.8 Å². The van der Waals surface area contributed by atoms with Crippen LogP contribution in [-0.2, 0) is 16.6 Å². The molecule has 0 bridgehead atoms. The van der Waals surface area contributed by atoms with Gasteiger partial charge in [0.1, 0.15) is 0 Å². The Balaban J connectivity index is 1.64. The number of carboxylic acid groups (broad SMARTS) is 1. The predicted octanol–water partition coefficient (Wildman–Crippen LogP) is 7.15. The largest absolute Gasteiger partial charge is 0.481 e. The first-order valence-corrected chi connectivity index (χ1v) is 11.9. The smallest absolute Gasteiger partial charge is 0.306 e. The van der Waals surface area contributed by atoms with Gasteiger partial charge in [0, 0.05) is 0 Å². The van der Waals surface area contributed by atoms with E-state index >= 15 is 0 Å². The van der Waals surface area contributed by atoms with Crippen LogP contribution < -0.4 is 0 Å². The highest BCUT2D eigenvalue weighted by Crippen LogP contribution is 2.49. The molecule has 2 fully saturated rings. The van der Waals surface area contributed by atoms with Gasteiger partial charge in [-0.15, -0.1) is 0 Å². The lowest BCUT2D eigenvalue weighted by Gasteiger charge is -2.44. The van der Waals surface area contributed by atoms with Crippen LogP contribution in [0.5, 0.6) is 0 Å². The van der Waals surface area contributed by atoms with Gasteiger partial charge in [-0.25, -0.2) is 0 Å². The van der Waals surface area contributed by atoms with Gasteiger partial charge in [-0.1, -0.05) is 57.4 Å². The van der Waals surface area contributed by atoms with Gasteiger partial charge >= 0.3 is 5.97 Å². The molecule has 2 nitrogen and oxygen atoms in total. The molecular weight excluding hydrogens is 344 g/mol. The van der Waals surface area contributed by atoms with Crippen LogP contribution in [0.1, 0.15) is 102 Å². The Morgan fingerprint density at radius 2 is 1.54 bits per heavy atom. The minimum atomic E-state index is -0.577. The van der Waals surface area contributed by atoms with Crippen LogP contribution in [0.25, 0.3) is 0 Å². The van der Waals surface area contributed by atoms with E-state index in [1.165, 1.54) is 63.4 Å². The maximum Gasteiger partial charge on any atom is 0.306 e. The standard InChI is InChI=1S/C26H40O2/c1-3-5-17-26(24-13-7-20(6-4-2)8-14-24)18-15-22(16-19-26)21-9-11-23(12-10-21)25(27)28/h7-8,13-14,21-23H,3-6,9-12,15-19H2,1-2H3,(H,27,28)/t21-,22-,23-,26+. The van der Waals surface area contributed by atoms with Crippen molar-refractivity contribution in [3.63, 3.8) is 0 Å². The molecule has 0 saturated heterocycles. The van der Waals surface area contributed by atoms with E-state index in [0.717, 1.165) is 37.5 Å². The fourth-order valence-electron chi connectivity index (χ4n) is 6.01. The molecule has 0 unspecified atom stereocenters. The molecule has 1 aromatic carbocycles. The molecule has 0 aliphatic heterocycles. The fourth-order valence-corrected chi connectivity index (χ4v) is 6.01. The molecule has 2 heteroatoms. The Hall–Kier alpha value is -1.31. The zero-order valence-electron chi connectivity index (χ0n) is 18.1. The van der Waals surface area contributed by atoms with E-state index in [-0.39, 0.29) is 5.92 Å². The quantitative estimate of drug-likeness (QED) is 0.517. The first kappa shape index (κ1) is 21.4. The van der Waals surface area contributed by atoms with Gasteiger partial charge in [0.25, 0.3) is 0 Å². The average molecular weight is 385 g/mol. The molecule has 0 atom stereocenters. The Morgan fingerprint density at radius 3 is 2.07 bits per heavy atom. The second-order valence-electron chi connectivity index (χ2n) is 9.62. The molecule has 2 aliphatic carbocycles. The zero-order valence-corrected chi connectivity index (χ0v) is 18.1. The van der Waals surface area contributed by atoms with E-state index in [0.29, 0.717) is 5.41 Å². The summed E-state index contributed by atoms with van der Waals surface area (Å²) in [5.74, 6) is 0.938. The van der Waals surface area contributed by atoms with Crippen molar-refractivity contribution in [2.45, 2.75) is 103 Å². The van der Waals surface area contributed by atoms with Crippen molar-refractivity contribution in [2.24, 2.45) is 17.8 Å². The summed E-state index contributed by atoms with van der Waals surface area (Å²) < 4.78 is 0. The second-order valence-corrected chi connectivity index (χ2v) is 9.62. The molecule has 0 radical (unpaired) electrons. The average Bonchev–Trinajstić information content (AvgIpc) is 2.73. The Morgan fingerprint density at radius 1 is 0.929 bits per heavy atom. The highest BCUT2D eigenvalue weighted by atomic mass is 16.4. The predicted molar refractivity (Wildman–Crippen MR) is 117 cm³/mol. The first-order valence-electron chi connectivity index (χ1n) is 11.9. The number of hydrogen-bond acceptors (Lipinski definition) is 1. The van der Waals surface area contributed by atoms with E-state index in [4.69, 9.17) is 0 Å². The van der Waals surface area contributed by atoms with Crippen molar-refractivity contribution in [3.05, 3.63) is 35.4 Å². The molecule has 2 saturated carbocycles. The van der Waals surface area contributed by atoms with Gasteiger partial charge in [0.15, 0.2) is 0 Å². The third-order valence-corrected chi connectivity index (χ3v) is 7.89. The van der Waals surface area contributed by atoms with Crippen molar-refractivity contribution < 1.29 is 9.90 Å². The van der Waals surface area contributed by atoms with Gasteiger partial charge in [0.05, 0.1) is 5.92 Å². The number of unbranched alkanes of at least 4 members (excludes halogenated alkanes) is 1. The number of aryl methyl sites for hydroxylation is 1. The molecule has 2 aliphatic rings. The van der Waals surface area contributed by atoms with E-state index in [1.807, 2.05) is 0 Å². The van der Waals surface area contributed by atoms with Crippen LogP contribution >= 0.6 is 0 Å². The van der Waals surface area contributed by atoms with Crippen molar-refractivity contribution in [1.29, 1.82) is 0 Å². The maximum atomic E-state index is 11.2. The number of carboxylic acids is 1. The Labute approximate surface area is 172 Å². The van der Waals surface area contributed by atoms with Crippen LogP contribution in [0.3, 0.4) is 0 Å². The van der Waals surface area contributed by atoms with E-state index < -0.39 is 5.97 Å². The van der Waals surface area contributed by atoms with Crippen molar-refractivity contribution >= 4 is 5.97 Å². The molecule has 0 aromatic heterocycles. The van der Waals surface area contributed by atoms with E-state index in [1.54, 1.807) is 5.56 Å². The summed E-state index contributed by atoms with van der Waals surface area (Å²) in [6, 6.07) is 9.59. The highest BCUT2D eigenvalue weighted by molar-refractivity contribution is 5.69. The summed E-state index contributed by atoms with van der Waals surface area (Å²) >= 11 is 0. The Kier molecular flexibility index (Phi) is 7.60. The minimum absolute atomic E-state index is 0.0786. The van der Waals surface area contributed by atoms with Crippen LogP contribution in [0.4, 0.5) is 0 Å². The topological polar surface area (TPSA) is 37.3 Å². The third-order valence-electron chi connectivity index (χ3n) is 7.89. The molecule has 1 aromatic rings. The molecule has 1 N–H and O–H groups in total. The van der Waals surface area contributed by atoms with Gasteiger partial charge in [-0.3, -0.25) is 4.79 Å². The molecule has 156 valence electrons. The third kappa shape index (κ3) is 4.99. The molecule has 28 heavy (non-hydrogen) atoms. The van der Waals surface area contributed by atoms with E-state index in [9.17, 15) is 9.90 Å². The van der Waals surface area contributed by atoms with E-state index in [2.05, 4.69) is 38.1 Å². The van der Waals surface area contributed by atoms with Crippen LogP contribution in [0.2, 0.25) is 0 Å². The van der Waals surface area contributed by atoms with Gasteiger partial charge < -0.3 is 5.11 Å². The molecule has 0 amide bonds. The number of hydrogen-bond donors (Lipinski definition) is 1. The van der Waals surface area contributed by atoms with Crippen molar-refractivity contribution in [1.82, 2.24) is 0 Å². The summed E-state index contributed by atoms with van der Waals surface area (Å²) in [6.45, 7) is 4.56. The molecule has 0 spiro atoms. The maximum absolute atomic E-state index is 11.2. The molecular formula is C26H40O2. The molecule has 3 rings (SSSR count). The minimum Gasteiger partial charge on any atom is -0.481 e. The van der Waals surface area contributed by atoms with Gasteiger partial charge in [-0.2, -0.15) is 0 Å². The summed E-state index contributed by atoms with van der Waals surface area (Å²) in [7, 11) is 0. The Bertz CT molecular complexity index is 602. The lowest BCUT2D eigenvalue weighted by molar-refractivity contribution is -0.143. The lowest BCUT2D eigenvalue weighted by atomic mass is 9.61.